The highest BCUT2D eigenvalue weighted by atomic mass is 32.2. The number of nitrogens with one attached hydrogen (secondary N) is 1. The van der Waals surface area contributed by atoms with Crippen LogP contribution in [0.5, 0.6) is 0 Å². The first-order valence-corrected chi connectivity index (χ1v) is 12.5. The summed E-state index contributed by atoms with van der Waals surface area (Å²) in [7, 11) is -3.48. The summed E-state index contributed by atoms with van der Waals surface area (Å²) < 4.78 is 27.1. The third-order valence-corrected chi connectivity index (χ3v) is 8.77. The Hall–Kier alpha value is -1.35. The van der Waals surface area contributed by atoms with E-state index < -0.39 is 10.0 Å². The molecule has 1 aromatic heterocycles. The van der Waals surface area contributed by atoms with Crippen LogP contribution in [0.25, 0.3) is 0 Å². The molecule has 2 heterocycles. The number of hydrogen-bond acceptors (Lipinski definition) is 5. The van der Waals surface area contributed by atoms with Gasteiger partial charge in [0.05, 0.1) is 5.92 Å². The molecule has 1 aliphatic heterocycles. The number of piperidine rings is 1. The van der Waals surface area contributed by atoms with E-state index in [1.165, 1.54) is 21.2 Å². The number of carbonyl (C=O) groups excluding carboxylic acids is 1. The van der Waals surface area contributed by atoms with Crippen molar-refractivity contribution >= 4 is 39.0 Å². The van der Waals surface area contributed by atoms with Crippen LogP contribution in [0.15, 0.2) is 52.1 Å². The molecule has 146 valence electrons. The maximum absolute atomic E-state index is 12.7. The SMILES string of the molecule is O=C(NCCSCc1ccccc1)C1CCCN(S(=O)(=O)c2cccs2)C1. The van der Waals surface area contributed by atoms with Gasteiger partial charge in [0.25, 0.3) is 10.0 Å². The van der Waals surface area contributed by atoms with Gasteiger partial charge < -0.3 is 5.32 Å². The molecule has 1 aliphatic rings. The van der Waals surface area contributed by atoms with E-state index in [1.54, 1.807) is 29.3 Å². The van der Waals surface area contributed by atoms with Crippen molar-refractivity contribution in [3.8, 4) is 0 Å². The van der Waals surface area contributed by atoms with Crippen LogP contribution < -0.4 is 5.32 Å². The lowest BCUT2D eigenvalue weighted by atomic mass is 9.99. The van der Waals surface area contributed by atoms with Crippen LogP contribution in [0.1, 0.15) is 18.4 Å². The molecule has 0 spiro atoms. The van der Waals surface area contributed by atoms with Crippen LogP contribution in [0.4, 0.5) is 0 Å². The molecule has 1 N–H and O–H groups in total. The van der Waals surface area contributed by atoms with Crippen molar-refractivity contribution in [1.82, 2.24) is 9.62 Å². The van der Waals surface area contributed by atoms with Crippen LogP contribution in [-0.2, 0) is 20.6 Å². The van der Waals surface area contributed by atoms with Crippen molar-refractivity contribution in [3.05, 3.63) is 53.4 Å². The molecule has 1 fully saturated rings. The first-order chi connectivity index (χ1) is 13.1. The van der Waals surface area contributed by atoms with Crippen LogP contribution >= 0.6 is 23.1 Å². The van der Waals surface area contributed by atoms with Gasteiger partial charge in [-0.1, -0.05) is 36.4 Å². The predicted molar refractivity (Wildman–Crippen MR) is 111 cm³/mol. The molecule has 0 saturated carbocycles. The standard InChI is InChI=1S/C19H24N2O3S3/c22-19(20-10-13-25-15-16-6-2-1-3-7-16)17-8-4-11-21(14-17)27(23,24)18-9-5-12-26-18/h1-3,5-7,9,12,17H,4,8,10-11,13-15H2,(H,20,22). The lowest BCUT2D eigenvalue weighted by Gasteiger charge is -2.30. The molecule has 0 radical (unpaired) electrons. The molecular formula is C19H24N2O3S3. The van der Waals surface area contributed by atoms with Crippen molar-refractivity contribution in [2.75, 3.05) is 25.4 Å². The van der Waals surface area contributed by atoms with Crippen molar-refractivity contribution < 1.29 is 13.2 Å². The molecule has 1 saturated heterocycles. The molecule has 1 aromatic carbocycles. The third-order valence-electron chi connectivity index (χ3n) is 4.50. The highest BCUT2D eigenvalue weighted by Gasteiger charge is 2.33. The Morgan fingerprint density at radius 1 is 1.22 bits per heavy atom. The molecule has 27 heavy (non-hydrogen) atoms. The lowest BCUT2D eigenvalue weighted by molar-refractivity contribution is -0.125. The fourth-order valence-electron chi connectivity index (χ4n) is 3.07. The smallest absolute Gasteiger partial charge is 0.252 e. The topological polar surface area (TPSA) is 66.5 Å². The molecule has 1 atom stereocenters. The number of hydrogen-bond donors (Lipinski definition) is 1. The van der Waals surface area contributed by atoms with E-state index >= 15 is 0 Å². The highest BCUT2D eigenvalue weighted by Crippen LogP contribution is 2.26. The zero-order valence-corrected chi connectivity index (χ0v) is 17.5. The maximum Gasteiger partial charge on any atom is 0.252 e. The monoisotopic (exact) mass is 424 g/mol. The van der Waals surface area contributed by atoms with Crippen molar-refractivity contribution in [3.63, 3.8) is 0 Å². The largest absolute Gasteiger partial charge is 0.355 e. The van der Waals surface area contributed by atoms with Gasteiger partial charge in [0.2, 0.25) is 5.91 Å². The van der Waals surface area contributed by atoms with Gasteiger partial charge in [0.1, 0.15) is 4.21 Å². The van der Waals surface area contributed by atoms with E-state index in [9.17, 15) is 13.2 Å². The summed E-state index contributed by atoms with van der Waals surface area (Å²) in [6.07, 6.45) is 1.45. The van der Waals surface area contributed by atoms with Crippen molar-refractivity contribution in [1.29, 1.82) is 0 Å². The van der Waals surface area contributed by atoms with Gasteiger partial charge in [-0.2, -0.15) is 16.1 Å². The molecule has 1 unspecified atom stereocenters. The van der Waals surface area contributed by atoms with Crippen LogP contribution in [0, 0.1) is 5.92 Å². The second-order valence-corrected chi connectivity index (χ2v) is 10.7. The zero-order chi connectivity index (χ0) is 19.1. The number of amides is 1. The number of benzene rings is 1. The summed E-state index contributed by atoms with van der Waals surface area (Å²) in [5, 5.41) is 4.72. The first kappa shape index (κ1) is 20.4. The zero-order valence-electron chi connectivity index (χ0n) is 15.0. The van der Waals surface area contributed by atoms with E-state index in [-0.39, 0.29) is 18.4 Å². The summed E-state index contributed by atoms with van der Waals surface area (Å²) in [6.45, 7) is 1.35. The highest BCUT2D eigenvalue weighted by molar-refractivity contribution is 7.98. The number of rotatable bonds is 8. The average Bonchev–Trinajstić information content (AvgIpc) is 3.24. The Balaban J connectivity index is 1.43. The lowest BCUT2D eigenvalue weighted by Crippen LogP contribution is -2.45. The number of thioether (sulfide) groups is 1. The van der Waals surface area contributed by atoms with E-state index in [1.807, 2.05) is 18.2 Å². The second-order valence-electron chi connectivity index (χ2n) is 6.46. The van der Waals surface area contributed by atoms with Crippen molar-refractivity contribution in [2.24, 2.45) is 5.92 Å². The van der Waals surface area contributed by atoms with Gasteiger partial charge in [0.15, 0.2) is 0 Å². The molecule has 8 heteroatoms. The van der Waals surface area contributed by atoms with Gasteiger partial charge in [-0.15, -0.1) is 11.3 Å². The molecule has 1 amide bonds. The van der Waals surface area contributed by atoms with Gasteiger partial charge in [-0.25, -0.2) is 8.42 Å². The van der Waals surface area contributed by atoms with Crippen molar-refractivity contribution in [2.45, 2.75) is 22.8 Å². The van der Waals surface area contributed by atoms with Crippen LogP contribution in [0.3, 0.4) is 0 Å². The number of sulfonamides is 1. The molecule has 0 aliphatic carbocycles. The van der Waals surface area contributed by atoms with Gasteiger partial charge in [0, 0.05) is 31.1 Å². The summed E-state index contributed by atoms with van der Waals surface area (Å²) >= 11 is 3.00. The molecule has 2 aromatic rings. The third kappa shape index (κ3) is 5.57. The first-order valence-electron chi connectivity index (χ1n) is 9.00. The average molecular weight is 425 g/mol. The number of nitrogens with zero attached hydrogens (tertiary/aromatic N) is 1. The molecule has 5 nitrogen and oxygen atoms in total. The van der Waals surface area contributed by atoms with E-state index in [2.05, 4.69) is 17.4 Å². The number of thiophene rings is 1. The minimum Gasteiger partial charge on any atom is -0.355 e. The normalized spacial score (nSPS) is 18.3. The summed E-state index contributed by atoms with van der Waals surface area (Å²) in [6, 6.07) is 13.6. The Morgan fingerprint density at radius 2 is 2.04 bits per heavy atom. The maximum atomic E-state index is 12.7. The Labute approximate surface area is 169 Å². The van der Waals surface area contributed by atoms with Crippen LogP contribution in [0.2, 0.25) is 0 Å². The minimum atomic E-state index is -3.48. The van der Waals surface area contributed by atoms with Gasteiger partial charge in [-0.05, 0) is 29.9 Å². The predicted octanol–water partition coefficient (Wildman–Crippen LogP) is 3.20. The number of carbonyl (C=O) groups is 1. The van der Waals surface area contributed by atoms with E-state index in [0.29, 0.717) is 23.7 Å². The molecular weight excluding hydrogens is 400 g/mol. The Kier molecular flexibility index (Phi) is 7.34. The summed E-state index contributed by atoms with van der Waals surface area (Å²) in [5.74, 6) is 1.45. The fourth-order valence-corrected chi connectivity index (χ4v) is 6.55. The van der Waals surface area contributed by atoms with Crippen LogP contribution in [-0.4, -0.2) is 44.0 Å². The summed E-state index contributed by atoms with van der Waals surface area (Å²) in [4.78, 5) is 12.5. The minimum absolute atomic E-state index is 0.0404. The second kappa shape index (κ2) is 9.73. The molecule has 3 rings (SSSR count). The molecule has 0 bridgehead atoms. The Morgan fingerprint density at radius 3 is 2.78 bits per heavy atom. The quantitative estimate of drug-likeness (QED) is 0.661. The fraction of sp³-hybridized carbons (Fsp3) is 0.421. The Bertz CT molecular complexity index is 823. The summed E-state index contributed by atoms with van der Waals surface area (Å²) in [5.41, 5.74) is 1.27. The van der Waals surface area contributed by atoms with E-state index in [0.717, 1.165) is 17.9 Å². The van der Waals surface area contributed by atoms with Gasteiger partial charge in [-0.3, -0.25) is 4.79 Å². The van der Waals surface area contributed by atoms with Gasteiger partial charge >= 0.3 is 0 Å². The van der Waals surface area contributed by atoms with E-state index in [4.69, 9.17) is 0 Å².